The molecule has 0 aromatic carbocycles. The van der Waals surface area contributed by atoms with Gasteiger partial charge in [-0.3, -0.25) is 4.79 Å². The SMILES string of the molecule is CCC[C@H](N)C(OC(=O)C(F)(F)F)C(=O)NC1CC1. The smallest absolute Gasteiger partial charge is 0.444 e. The van der Waals surface area contributed by atoms with E-state index in [1.807, 2.05) is 0 Å². The van der Waals surface area contributed by atoms with Crippen LogP contribution in [0.4, 0.5) is 13.2 Å². The van der Waals surface area contributed by atoms with Gasteiger partial charge in [0.05, 0.1) is 6.04 Å². The summed E-state index contributed by atoms with van der Waals surface area (Å²) >= 11 is 0. The lowest BCUT2D eigenvalue weighted by Gasteiger charge is -2.23. The molecule has 1 unspecified atom stereocenters. The Kier molecular flexibility index (Phi) is 5.16. The minimum atomic E-state index is -5.13. The zero-order valence-corrected chi connectivity index (χ0v) is 10.5. The number of nitrogens with one attached hydrogen (secondary N) is 1. The average Bonchev–Trinajstić information content (AvgIpc) is 3.07. The first-order valence-electron chi connectivity index (χ1n) is 6.09. The minimum absolute atomic E-state index is 0.0478. The van der Waals surface area contributed by atoms with Gasteiger partial charge < -0.3 is 15.8 Å². The van der Waals surface area contributed by atoms with Crippen LogP contribution in [0.25, 0.3) is 0 Å². The molecule has 110 valence electrons. The van der Waals surface area contributed by atoms with Crippen LogP contribution in [0.2, 0.25) is 0 Å². The Balaban J connectivity index is 2.67. The number of alkyl halides is 3. The number of rotatable bonds is 6. The normalized spacial score (nSPS) is 18.6. The van der Waals surface area contributed by atoms with Gasteiger partial charge in [0.15, 0.2) is 6.10 Å². The third-order valence-corrected chi connectivity index (χ3v) is 2.66. The molecule has 0 spiro atoms. The Bertz CT molecular complexity index is 343. The number of nitrogens with two attached hydrogens (primary N) is 1. The van der Waals surface area contributed by atoms with E-state index in [0.717, 1.165) is 12.8 Å². The van der Waals surface area contributed by atoms with Crippen molar-refractivity contribution in [2.45, 2.75) is 57.0 Å². The van der Waals surface area contributed by atoms with E-state index in [-0.39, 0.29) is 12.5 Å². The Morgan fingerprint density at radius 1 is 1.42 bits per heavy atom. The van der Waals surface area contributed by atoms with Crippen molar-refractivity contribution in [2.24, 2.45) is 5.73 Å². The zero-order valence-electron chi connectivity index (χ0n) is 10.5. The molecule has 1 amide bonds. The fourth-order valence-corrected chi connectivity index (χ4v) is 1.51. The lowest BCUT2D eigenvalue weighted by molar-refractivity contribution is -0.206. The zero-order chi connectivity index (χ0) is 14.6. The van der Waals surface area contributed by atoms with E-state index >= 15 is 0 Å². The van der Waals surface area contributed by atoms with Gasteiger partial charge >= 0.3 is 12.1 Å². The van der Waals surface area contributed by atoms with Crippen LogP contribution >= 0.6 is 0 Å². The van der Waals surface area contributed by atoms with Gasteiger partial charge in [0.1, 0.15) is 0 Å². The van der Waals surface area contributed by atoms with Crippen LogP contribution in [0.5, 0.6) is 0 Å². The van der Waals surface area contributed by atoms with Crippen molar-refractivity contribution in [1.82, 2.24) is 5.32 Å². The predicted octanol–water partition coefficient (Wildman–Crippen LogP) is 0.867. The molecule has 0 aromatic heterocycles. The van der Waals surface area contributed by atoms with Crippen molar-refractivity contribution >= 4 is 11.9 Å². The van der Waals surface area contributed by atoms with Crippen LogP contribution in [-0.2, 0) is 14.3 Å². The van der Waals surface area contributed by atoms with Gasteiger partial charge in [-0.15, -0.1) is 0 Å². The van der Waals surface area contributed by atoms with Gasteiger partial charge in [-0.05, 0) is 19.3 Å². The topological polar surface area (TPSA) is 81.4 Å². The fourth-order valence-electron chi connectivity index (χ4n) is 1.51. The maximum Gasteiger partial charge on any atom is 0.490 e. The molecule has 0 aliphatic heterocycles. The lowest BCUT2D eigenvalue weighted by atomic mass is 10.1. The van der Waals surface area contributed by atoms with Gasteiger partial charge in [-0.2, -0.15) is 13.2 Å². The molecule has 1 fully saturated rings. The summed E-state index contributed by atoms with van der Waals surface area (Å²) in [6, 6.07) is -0.997. The Morgan fingerprint density at radius 2 is 2.00 bits per heavy atom. The van der Waals surface area contributed by atoms with E-state index in [0.29, 0.717) is 6.42 Å². The number of hydrogen-bond acceptors (Lipinski definition) is 4. The van der Waals surface area contributed by atoms with Gasteiger partial charge in [0.25, 0.3) is 5.91 Å². The molecule has 3 N–H and O–H groups in total. The Morgan fingerprint density at radius 3 is 2.42 bits per heavy atom. The minimum Gasteiger partial charge on any atom is -0.444 e. The number of carbonyl (C=O) groups excluding carboxylic acids is 2. The summed E-state index contributed by atoms with van der Waals surface area (Å²) in [5, 5.41) is 2.49. The highest BCUT2D eigenvalue weighted by atomic mass is 19.4. The molecule has 0 aromatic rings. The van der Waals surface area contributed by atoms with E-state index in [9.17, 15) is 22.8 Å². The second-order valence-electron chi connectivity index (χ2n) is 4.56. The number of carbonyl (C=O) groups is 2. The second-order valence-corrected chi connectivity index (χ2v) is 4.56. The van der Waals surface area contributed by atoms with Crippen molar-refractivity contribution < 1.29 is 27.5 Å². The van der Waals surface area contributed by atoms with Crippen molar-refractivity contribution in [3.8, 4) is 0 Å². The summed E-state index contributed by atoms with van der Waals surface area (Å²) in [5.41, 5.74) is 5.61. The van der Waals surface area contributed by atoms with Crippen LogP contribution in [0, 0.1) is 0 Å². The highest BCUT2D eigenvalue weighted by Gasteiger charge is 2.44. The highest BCUT2D eigenvalue weighted by molar-refractivity contribution is 5.86. The molecule has 0 heterocycles. The predicted molar refractivity (Wildman–Crippen MR) is 60.0 cm³/mol. The molecule has 5 nitrogen and oxygen atoms in total. The third-order valence-electron chi connectivity index (χ3n) is 2.66. The van der Waals surface area contributed by atoms with Gasteiger partial charge in [-0.1, -0.05) is 13.3 Å². The molecular weight excluding hydrogens is 265 g/mol. The number of hydrogen-bond donors (Lipinski definition) is 2. The van der Waals surface area contributed by atoms with Crippen LogP contribution in [-0.4, -0.2) is 36.2 Å². The summed E-state index contributed by atoms with van der Waals surface area (Å²) in [6.45, 7) is 1.77. The summed E-state index contributed by atoms with van der Waals surface area (Å²) in [4.78, 5) is 22.5. The summed E-state index contributed by atoms with van der Waals surface area (Å²) in [6.07, 6.45) is -4.34. The molecule has 0 bridgehead atoms. The second kappa shape index (κ2) is 6.23. The van der Waals surface area contributed by atoms with Crippen LogP contribution in [0.1, 0.15) is 32.6 Å². The molecule has 1 rings (SSSR count). The van der Waals surface area contributed by atoms with Gasteiger partial charge in [0.2, 0.25) is 0 Å². The number of halogens is 3. The summed E-state index contributed by atoms with van der Waals surface area (Å²) in [7, 11) is 0. The monoisotopic (exact) mass is 282 g/mol. The molecule has 8 heteroatoms. The van der Waals surface area contributed by atoms with Gasteiger partial charge in [-0.25, -0.2) is 4.79 Å². The van der Waals surface area contributed by atoms with Crippen molar-refractivity contribution in [3.63, 3.8) is 0 Å². The van der Waals surface area contributed by atoms with E-state index < -0.39 is 30.2 Å². The molecule has 1 saturated carbocycles. The largest absolute Gasteiger partial charge is 0.490 e. The van der Waals surface area contributed by atoms with Crippen LogP contribution < -0.4 is 11.1 Å². The van der Waals surface area contributed by atoms with Crippen molar-refractivity contribution in [1.29, 1.82) is 0 Å². The molecule has 1 aliphatic rings. The maximum atomic E-state index is 12.1. The number of ether oxygens (including phenoxy) is 1. The van der Waals surface area contributed by atoms with E-state index in [1.54, 1.807) is 6.92 Å². The van der Waals surface area contributed by atoms with Gasteiger partial charge in [0, 0.05) is 6.04 Å². The fraction of sp³-hybridized carbons (Fsp3) is 0.818. The number of esters is 1. The molecule has 0 radical (unpaired) electrons. The molecular formula is C11H17F3N2O3. The van der Waals surface area contributed by atoms with E-state index in [2.05, 4.69) is 10.1 Å². The molecule has 2 atom stereocenters. The number of amides is 1. The average molecular weight is 282 g/mol. The van der Waals surface area contributed by atoms with E-state index in [1.165, 1.54) is 0 Å². The molecule has 1 aliphatic carbocycles. The first-order valence-corrected chi connectivity index (χ1v) is 6.09. The maximum absolute atomic E-state index is 12.1. The standard InChI is InChI=1S/C11H17F3N2O3/c1-2-3-7(15)8(9(17)16-6-4-5-6)19-10(18)11(12,13)14/h6-8H,2-5,15H2,1H3,(H,16,17)/t7-,8?/m0/s1. The van der Waals surface area contributed by atoms with Crippen LogP contribution in [0.3, 0.4) is 0 Å². The Labute approximate surface area is 108 Å². The first-order chi connectivity index (χ1) is 8.75. The molecule has 0 saturated heterocycles. The lowest BCUT2D eigenvalue weighted by Crippen LogP contribution is -2.50. The van der Waals surface area contributed by atoms with Crippen molar-refractivity contribution in [3.05, 3.63) is 0 Å². The highest BCUT2D eigenvalue weighted by Crippen LogP contribution is 2.21. The Hall–Kier alpha value is -1.31. The summed E-state index contributed by atoms with van der Waals surface area (Å²) in [5.74, 6) is -3.16. The third kappa shape index (κ3) is 5.06. The van der Waals surface area contributed by atoms with Crippen molar-refractivity contribution in [2.75, 3.05) is 0 Å². The summed E-state index contributed by atoms with van der Waals surface area (Å²) < 4.78 is 40.7. The van der Waals surface area contributed by atoms with Crippen LogP contribution in [0.15, 0.2) is 0 Å². The quantitative estimate of drug-likeness (QED) is 0.708. The first kappa shape index (κ1) is 15.7. The van der Waals surface area contributed by atoms with E-state index in [4.69, 9.17) is 5.73 Å². The molecule has 19 heavy (non-hydrogen) atoms.